The van der Waals surface area contributed by atoms with Gasteiger partial charge in [0.25, 0.3) is 0 Å². The Morgan fingerprint density at radius 3 is 3.00 bits per heavy atom. The fourth-order valence-electron chi connectivity index (χ4n) is 2.92. The predicted molar refractivity (Wildman–Crippen MR) is 88.8 cm³/mol. The van der Waals surface area contributed by atoms with Crippen molar-refractivity contribution >= 4 is 0 Å². The molecule has 1 N–H and O–H groups in total. The van der Waals surface area contributed by atoms with Gasteiger partial charge in [0.05, 0.1) is 6.54 Å². The van der Waals surface area contributed by atoms with Gasteiger partial charge in [0.1, 0.15) is 17.9 Å². The molecular weight excluding hydrogens is 320 g/mol. The van der Waals surface area contributed by atoms with Crippen LogP contribution in [0.2, 0.25) is 0 Å². The Hall–Kier alpha value is -2.74. The van der Waals surface area contributed by atoms with Crippen molar-refractivity contribution in [2.45, 2.75) is 45.5 Å². The first-order valence-electron chi connectivity index (χ1n) is 8.37. The SMILES string of the molecule is Cc1nc(COc2ccc(CNC3CCc4ncnn4C3)cc2)no1. The summed E-state index contributed by atoms with van der Waals surface area (Å²) in [5.41, 5.74) is 1.21. The largest absolute Gasteiger partial charge is 0.485 e. The van der Waals surface area contributed by atoms with Crippen molar-refractivity contribution in [2.75, 3.05) is 0 Å². The van der Waals surface area contributed by atoms with Gasteiger partial charge in [-0.1, -0.05) is 17.3 Å². The standard InChI is InChI=1S/C17H20N6O2/c1-12-21-16(22-25-12)10-24-15-5-2-13(3-6-15)8-18-14-4-7-17-19-11-20-23(17)9-14/h2-3,5-6,11,14,18H,4,7-10H2,1H3. The number of rotatable bonds is 6. The van der Waals surface area contributed by atoms with Crippen molar-refractivity contribution in [3.63, 3.8) is 0 Å². The highest BCUT2D eigenvalue weighted by atomic mass is 16.5. The van der Waals surface area contributed by atoms with Crippen LogP contribution in [-0.2, 0) is 26.1 Å². The number of nitrogens with zero attached hydrogens (tertiary/aromatic N) is 5. The van der Waals surface area contributed by atoms with Crippen molar-refractivity contribution in [3.8, 4) is 5.75 Å². The Labute approximate surface area is 145 Å². The molecule has 2 aromatic heterocycles. The van der Waals surface area contributed by atoms with Gasteiger partial charge in [0.15, 0.2) is 6.61 Å². The minimum atomic E-state index is 0.303. The van der Waals surface area contributed by atoms with Crippen molar-refractivity contribution < 1.29 is 9.26 Å². The van der Waals surface area contributed by atoms with Gasteiger partial charge in [-0.25, -0.2) is 9.67 Å². The Morgan fingerprint density at radius 2 is 2.20 bits per heavy atom. The molecule has 1 aliphatic rings. The summed E-state index contributed by atoms with van der Waals surface area (Å²) in [7, 11) is 0. The van der Waals surface area contributed by atoms with Crippen molar-refractivity contribution in [3.05, 3.63) is 53.7 Å². The van der Waals surface area contributed by atoms with E-state index >= 15 is 0 Å². The van der Waals surface area contributed by atoms with E-state index in [9.17, 15) is 0 Å². The molecule has 0 saturated carbocycles. The van der Waals surface area contributed by atoms with E-state index < -0.39 is 0 Å². The van der Waals surface area contributed by atoms with Crippen LogP contribution in [0.3, 0.4) is 0 Å². The summed E-state index contributed by atoms with van der Waals surface area (Å²) in [6.07, 6.45) is 3.69. The summed E-state index contributed by atoms with van der Waals surface area (Å²) in [5.74, 6) is 2.96. The normalized spacial score (nSPS) is 16.6. The Kier molecular flexibility index (Phi) is 4.43. The summed E-state index contributed by atoms with van der Waals surface area (Å²) < 4.78 is 12.6. The van der Waals surface area contributed by atoms with Crippen LogP contribution in [0.1, 0.15) is 29.5 Å². The Morgan fingerprint density at radius 1 is 1.32 bits per heavy atom. The van der Waals surface area contributed by atoms with Crippen LogP contribution in [0.25, 0.3) is 0 Å². The zero-order chi connectivity index (χ0) is 17.1. The maximum absolute atomic E-state index is 5.66. The van der Waals surface area contributed by atoms with Gasteiger partial charge in [0.2, 0.25) is 11.7 Å². The summed E-state index contributed by atoms with van der Waals surface area (Å²) in [6, 6.07) is 8.47. The third-order valence-corrected chi connectivity index (χ3v) is 4.26. The number of ether oxygens (including phenoxy) is 1. The smallest absolute Gasteiger partial charge is 0.223 e. The van der Waals surface area contributed by atoms with Crippen LogP contribution < -0.4 is 10.1 Å². The first-order valence-corrected chi connectivity index (χ1v) is 8.37. The van der Waals surface area contributed by atoms with Crippen molar-refractivity contribution in [1.82, 2.24) is 30.2 Å². The predicted octanol–water partition coefficient (Wildman–Crippen LogP) is 1.65. The van der Waals surface area contributed by atoms with Gasteiger partial charge in [-0.2, -0.15) is 10.1 Å². The molecule has 1 aromatic carbocycles. The molecular formula is C17H20N6O2. The van der Waals surface area contributed by atoms with Gasteiger partial charge >= 0.3 is 0 Å². The fourth-order valence-corrected chi connectivity index (χ4v) is 2.92. The summed E-state index contributed by atoms with van der Waals surface area (Å²) in [6.45, 7) is 3.76. The number of aryl methyl sites for hydroxylation is 2. The molecule has 0 saturated heterocycles. The average Bonchev–Trinajstić information content (AvgIpc) is 3.27. The lowest BCUT2D eigenvalue weighted by Gasteiger charge is -2.23. The first kappa shape index (κ1) is 15.8. The molecule has 0 bridgehead atoms. The number of benzene rings is 1. The van der Waals surface area contributed by atoms with E-state index in [1.807, 2.05) is 16.8 Å². The minimum absolute atomic E-state index is 0.303. The monoisotopic (exact) mass is 340 g/mol. The second-order valence-electron chi connectivity index (χ2n) is 6.14. The number of hydrogen-bond acceptors (Lipinski definition) is 7. The average molecular weight is 340 g/mol. The van der Waals surface area contributed by atoms with E-state index in [1.54, 1.807) is 13.3 Å². The molecule has 0 amide bonds. The van der Waals surface area contributed by atoms with Crippen molar-refractivity contribution in [1.29, 1.82) is 0 Å². The Balaban J connectivity index is 1.26. The lowest BCUT2D eigenvalue weighted by molar-refractivity contribution is 0.285. The molecule has 1 atom stereocenters. The maximum atomic E-state index is 5.66. The number of fused-ring (bicyclic) bond motifs is 1. The third-order valence-electron chi connectivity index (χ3n) is 4.26. The van der Waals surface area contributed by atoms with E-state index in [4.69, 9.17) is 9.26 Å². The number of hydrogen-bond donors (Lipinski definition) is 1. The number of nitrogens with one attached hydrogen (secondary N) is 1. The topological polar surface area (TPSA) is 90.9 Å². The van der Waals surface area contributed by atoms with Gasteiger partial charge in [-0.05, 0) is 24.1 Å². The highest BCUT2D eigenvalue weighted by Gasteiger charge is 2.19. The second kappa shape index (κ2) is 7.02. The van der Waals surface area contributed by atoms with E-state index in [-0.39, 0.29) is 0 Å². The fraction of sp³-hybridized carbons (Fsp3) is 0.412. The molecule has 1 aliphatic heterocycles. The molecule has 4 rings (SSSR count). The maximum Gasteiger partial charge on any atom is 0.223 e. The lowest BCUT2D eigenvalue weighted by atomic mass is 10.1. The van der Waals surface area contributed by atoms with Gasteiger partial charge in [-0.3, -0.25) is 0 Å². The molecule has 0 radical (unpaired) electrons. The molecule has 0 spiro atoms. The summed E-state index contributed by atoms with van der Waals surface area (Å²) in [4.78, 5) is 8.37. The molecule has 3 heterocycles. The lowest BCUT2D eigenvalue weighted by Crippen LogP contribution is -2.37. The van der Waals surface area contributed by atoms with Crippen LogP contribution in [0.15, 0.2) is 35.1 Å². The molecule has 3 aromatic rings. The molecule has 0 aliphatic carbocycles. The zero-order valence-electron chi connectivity index (χ0n) is 14.1. The van der Waals surface area contributed by atoms with E-state index in [1.165, 1.54) is 5.56 Å². The minimum Gasteiger partial charge on any atom is -0.485 e. The van der Waals surface area contributed by atoms with Crippen molar-refractivity contribution in [2.24, 2.45) is 0 Å². The zero-order valence-corrected chi connectivity index (χ0v) is 14.1. The highest BCUT2D eigenvalue weighted by Crippen LogP contribution is 2.15. The molecule has 8 nitrogen and oxygen atoms in total. The molecule has 8 heteroatoms. The number of aromatic nitrogens is 5. The summed E-state index contributed by atoms with van der Waals surface area (Å²) >= 11 is 0. The van der Waals surface area contributed by atoms with Crippen LogP contribution in [0, 0.1) is 6.92 Å². The third kappa shape index (κ3) is 3.85. The summed E-state index contributed by atoms with van der Waals surface area (Å²) in [5, 5.41) is 11.6. The van der Waals surface area contributed by atoms with Crippen LogP contribution in [0.5, 0.6) is 5.75 Å². The molecule has 0 fully saturated rings. The second-order valence-corrected chi connectivity index (χ2v) is 6.14. The van der Waals surface area contributed by atoms with E-state index in [0.29, 0.717) is 24.4 Å². The van der Waals surface area contributed by atoms with Crippen LogP contribution in [0.4, 0.5) is 0 Å². The van der Waals surface area contributed by atoms with Crippen LogP contribution in [-0.4, -0.2) is 30.9 Å². The van der Waals surface area contributed by atoms with E-state index in [0.717, 1.165) is 37.5 Å². The molecule has 1 unspecified atom stereocenters. The molecule has 25 heavy (non-hydrogen) atoms. The first-order chi connectivity index (χ1) is 12.3. The van der Waals surface area contributed by atoms with E-state index in [2.05, 4.69) is 37.7 Å². The van der Waals surface area contributed by atoms with Gasteiger partial charge < -0.3 is 14.6 Å². The highest BCUT2D eigenvalue weighted by molar-refractivity contribution is 5.27. The van der Waals surface area contributed by atoms with Crippen LogP contribution >= 0.6 is 0 Å². The van der Waals surface area contributed by atoms with Gasteiger partial charge in [-0.15, -0.1) is 0 Å². The Bertz CT molecular complexity index is 826. The molecule has 130 valence electrons. The van der Waals surface area contributed by atoms with Gasteiger partial charge in [0, 0.05) is 25.9 Å². The quantitative estimate of drug-likeness (QED) is 0.729.